The van der Waals surface area contributed by atoms with Gasteiger partial charge in [-0.3, -0.25) is 4.79 Å². The van der Waals surface area contributed by atoms with Crippen molar-refractivity contribution in [2.75, 3.05) is 7.11 Å². The molecule has 1 rings (SSSR count). The maximum Gasteiger partial charge on any atom is 0.328 e. The van der Waals surface area contributed by atoms with Gasteiger partial charge in [0.15, 0.2) is 0 Å². The highest BCUT2D eigenvalue weighted by Crippen LogP contribution is 2.07. The van der Waals surface area contributed by atoms with E-state index in [-0.39, 0.29) is 11.8 Å². The molecule has 4 heteroatoms. The number of terminal acetylenes is 1. The first-order valence-electron chi connectivity index (χ1n) is 5.95. The van der Waals surface area contributed by atoms with Crippen molar-refractivity contribution < 1.29 is 14.3 Å². The van der Waals surface area contributed by atoms with Crippen LogP contribution in [0.25, 0.3) is 0 Å². The Morgan fingerprint density at radius 2 is 1.84 bits per heavy atom. The summed E-state index contributed by atoms with van der Waals surface area (Å²) >= 11 is 0. The number of benzene rings is 1. The van der Waals surface area contributed by atoms with Crippen molar-refractivity contribution in [1.29, 1.82) is 0 Å². The van der Waals surface area contributed by atoms with Crippen molar-refractivity contribution in [2.45, 2.75) is 19.9 Å². The average Bonchev–Trinajstić information content (AvgIpc) is 2.43. The summed E-state index contributed by atoms with van der Waals surface area (Å²) in [6.07, 6.45) is 5.24. The first kappa shape index (κ1) is 14.8. The van der Waals surface area contributed by atoms with Crippen molar-refractivity contribution >= 4 is 11.9 Å². The van der Waals surface area contributed by atoms with Crippen molar-refractivity contribution in [2.24, 2.45) is 5.92 Å². The quantitative estimate of drug-likeness (QED) is 0.660. The van der Waals surface area contributed by atoms with Gasteiger partial charge in [-0.2, -0.15) is 0 Å². The van der Waals surface area contributed by atoms with Crippen LogP contribution in [0.4, 0.5) is 0 Å². The number of rotatable bonds is 4. The number of ether oxygens (including phenoxy) is 1. The Bertz CT molecular complexity index is 497. The van der Waals surface area contributed by atoms with Gasteiger partial charge in [-0.05, 0) is 30.2 Å². The van der Waals surface area contributed by atoms with Crippen molar-refractivity contribution in [1.82, 2.24) is 5.32 Å². The minimum Gasteiger partial charge on any atom is -0.467 e. The first-order chi connectivity index (χ1) is 8.99. The summed E-state index contributed by atoms with van der Waals surface area (Å²) < 4.78 is 4.67. The minimum atomic E-state index is -0.662. The second-order valence-corrected chi connectivity index (χ2v) is 4.44. The van der Waals surface area contributed by atoms with Crippen LogP contribution in [0.2, 0.25) is 0 Å². The normalized spacial score (nSPS) is 11.5. The molecule has 1 aromatic rings. The molecular weight excluding hydrogens is 242 g/mol. The Labute approximate surface area is 113 Å². The molecular formula is C15H17NO3. The predicted molar refractivity (Wildman–Crippen MR) is 72.5 cm³/mol. The fourth-order valence-corrected chi connectivity index (χ4v) is 1.57. The highest BCUT2D eigenvalue weighted by molar-refractivity contribution is 5.96. The van der Waals surface area contributed by atoms with Gasteiger partial charge in [0, 0.05) is 11.1 Å². The van der Waals surface area contributed by atoms with Crippen LogP contribution in [-0.4, -0.2) is 25.0 Å². The van der Waals surface area contributed by atoms with E-state index in [1.54, 1.807) is 24.3 Å². The molecule has 0 saturated heterocycles. The monoisotopic (exact) mass is 259 g/mol. The molecule has 0 aromatic heterocycles. The van der Waals surface area contributed by atoms with Gasteiger partial charge in [0.05, 0.1) is 7.11 Å². The maximum atomic E-state index is 12.0. The van der Waals surface area contributed by atoms with E-state index in [4.69, 9.17) is 6.42 Å². The molecule has 0 radical (unpaired) electrons. The van der Waals surface area contributed by atoms with Crippen LogP contribution < -0.4 is 5.32 Å². The van der Waals surface area contributed by atoms with Crippen molar-refractivity contribution in [3.63, 3.8) is 0 Å². The van der Waals surface area contributed by atoms with Gasteiger partial charge >= 0.3 is 5.97 Å². The standard InChI is InChI=1S/C15H17NO3/c1-5-11-6-8-12(9-7-11)14(17)16-13(10(2)3)15(18)19-4/h1,6-10,13H,2-4H3,(H,16,17)/t13-/m0/s1. The minimum absolute atomic E-state index is 0.0543. The summed E-state index contributed by atoms with van der Waals surface area (Å²) in [5.74, 6) is 1.64. The third-order valence-electron chi connectivity index (χ3n) is 2.72. The summed E-state index contributed by atoms with van der Waals surface area (Å²) in [6, 6.07) is 5.94. The van der Waals surface area contributed by atoms with E-state index in [2.05, 4.69) is 16.0 Å². The Kier molecular flexibility index (Phi) is 5.13. The number of amides is 1. The molecule has 0 saturated carbocycles. The van der Waals surface area contributed by atoms with E-state index in [1.807, 2.05) is 13.8 Å². The van der Waals surface area contributed by atoms with Crippen LogP contribution in [0.5, 0.6) is 0 Å². The second kappa shape index (κ2) is 6.60. The predicted octanol–water partition coefficient (Wildman–Crippen LogP) is 1.60. The summed E-state index contributed by atoms with van der Waals surface area (Å²) in [5.41, 5.74) is 1.15. The van der Waals surface area contributed by atoms with Crippen LogP contribution in [0.15, 0.2) is 24.3 Å². The molecule has 1 N–H and O–H groups in total. The third kappa shape index (κ3) is 3.85. The highest BCUT2D eigenvalue weighted by Gasteiger charge is 2.25. The van der Waals surface area contributed by atoms with Crippen molar-refractivity contribution in [3.8, 4) is 12.3 Å². The number of methoxy groups -OCH3 is 1. The van der Waals surface area contributed by atoms with Crippen molar-refractivity contribution in [3.05, 3.63) is 35.4 Å². The average molecular weight is 259 g/mol. The van der Waals surface area contributed by atoms with E-state index in [9.17, 15) is 9.59 Å². The number of esters is 1. The second-order valence-electron chi connectivity index (χ2n) is 4.44. The number of hydrogen-bond donors (Lipinski definition) is 1. The highest BCUT2D eigenvalue weighted by atomic mass is 16.5. The largest absolute Gasteiger partial charge is 0.467 e. The SMILES string of the molecule is C#Cc1ccc(C(=O)N[C@H](C(=O)OC)C(C)C)cc1. The molecule has 0 spiro atoms. The zero-order valence-electron chi connectivity index (χ0n) is 11.3. The summed E-state index contributed by atoms with van der Waals surface area (Å²) in [7, 11) is 1.30. The third-order valence-corrected chi connectivity index (χ3v) is 2.72. The summed E-state index contributed by atoms with van der Waals surface area (Å²) in [4.78, 5) is 23.6. The Morgan fingerprint density at radius 3 is 2.26 bits per heavy atom. The van der Waals surface area contributed by atoms with Gasteiger partial charge in [-0.15, -0.1) is 6.42 Å². The lowest BCUT2D eigenvalue weighted by Gasteiger charge is -2.19. The molecule has 0 unspecified atom stereocenters. The fourth-order valence-electron chi connectivity index (χ4n) is 1.57. The topological polar surface area (TPSA) is 55.4 Å². The van der Waals surface area contributed by atoms with Gasteiger partial charge in [0.1, 0.15) is 6.04 Å². The zero-order valence-corrected chi connectivity index (χ0v) is 11.3. The Morgan fingerprint density at radius 1 is 1.26 bits per heavy atom. The molecule has 0 bridgehead atoms. The number of nitrogens with one attached hydrogen (secondary N) is 1. The van der Waals surface area contributed by atoms with Gasteiger partial charge in [0.25, 0.3) is 5.91 Å². The molecule has 19 heavy (non-hydrogen) atoms. The summed E-state index contributed by atoms with van der Waals surface area (Å²) in [6.45, 7) is 3.67. The lowest BCUT2D eigenvalue weighted by molar-refractivity contribution is -0.144. The molecule has 0 heterocycles. The van der Waals surface area contributed by atoms with Crippen LogP contribution in [0.3, 0.4) is 0 Å². The van der Waals surface area contributed by atoms with E-state index in [0.29, 0.717) is 11.1 Å². The summed E-state index contributed by atoms with van der Waals surface area (Å²) in [5, 5.41) is 2.66. The van der Waals surface area contributed by atoms with E-state index >= 15 is 0 Å². The molecule has 4 nitrogen and oxygen atoms in total. The molecule has 0 aliphatic heterocycles. The molecule has 100 valence electrons. The molecule has 0 fully saturated rings. The van der Waals surface area contributed by atoms with Crippen LogP contribution in [0, 0.1) is 18.3 Å². The van der Waals surface area contributed by atoms with Gasteiger partial charge in [-0.1, -0.05) is 19.8 Å². The molecule has 1 aromatic carbocycles. The number of carbonyl (C=O) groups excluding carboxylic acids is 2. The fraction of sp³-hybridized carbons (Fsp3) is 0.333. The van der Waals surface area contributed by atoms with Gasteiger partial charge in [-0.25, -0.2) is 4.79 Å². The Hall–Kier alpha value is -2.28. The molecule has 0 aliphatic carbocycles. The van der Waals surface area contributed by atoms with Gasteiger partial charge in [0.2, 0.25) is 0 Å². The maximum absolute atomic E-state index is 12.0. The van der Waals surface area contributed by atoms with Crippen LogP contribution in [-0.2, 0) is 9.53 Å². The lowest BCUT2D eigenvalue weighted by atomic mass is 10.0. The van der Waals surface area contributed by atoms with Crippen LogP contribution in [0.1, 0.15) is 29.8 Å². The van der Waals surface area contributed by atoms with Gasteiger partial charge < -0.3 is 10.1 Å². The molecule has 1 atom stereocenters. The lowest BCUT2D eigenvalue weighted by Crippen LogP contribution is -2.45. The van der Waals surface area contributed by atoms with E-state index in [0.717, 1.165) is 0 Å². The van der Waals surface area contributed by atoms with Crippen LogP contribution >= 0.6 is 0 Å². The smallest absolute Gasteiger partial charge is 0.328 e. The zero-order chi connectivity index (χ0) is 14.4. The van der Waals surface area contributed by atoms with E-state index in [1.165, 1.54) is 7.11 Å². The first-order valence-corrected chi connectivity index (χ1v) is 5.95. The Balaban J connectivity index is 2.82. The van der Waals surface area contributed by atoms with E-state index < -0.39 is 12.0 Å². The molecule has 1 amide bonds. The number of carbonyl (C=O) groups is 2. The number of hydrogen-bond acceptors (Lipinski definition) is 3. The molecule has 0 aliphatic rings.